The molecule has 2 amide bonds. The standard InChI is InChI=1S/C13H15N3O3/c14-5-4-12(17)15-6-2-7-16(9-8-15)13(18)11-3-1-10-19-11/h1,3,10H,2,4,6-9H2. The van der Waals surface area contributed by atoms with Crippen molar-refractivity contribution in [2.24, 2.45) is 0 Å². The smallest absolute Gasteiger partial charge is 0.289 e. The van der Waals surface area contributed by atoms with Gasteiger partial charge in [0.25, 0.3) is 5.91 Å². The van der Waals surface area contributed by atoms with Crippen LogP contribution >= 0.6 is 0 Å². The van der Waals surface area contributed by atoms with Crippen molar-refractivity contribution in [1.29, 1.82) is 5.26 Å². The summed E-state index contributed by atoms with van der Waals surface area (Å²) in [5, 5.41) is 8.53. The molecule has 19 heavy (non-hydrogen) atoms. The van der Waals surface area contributed by atoms with Gasteiger partial charge in [-0.2, -0.15) is 5.26 Å². The zero-order valence-corrected chi connectivity index (χ0v) is 10.5. The van der Waals surface area contributed by atoms with E-state index in [9.17, 15) is 9.59 Å². The lowest BCUT2D eigenvalue weighted by Gasteiger charge is -2.20. The van der Waals surface area contributed by atoms with E-state index in [1.54, 1.807) is 21.9 Å². The van der Waals surface area contributed by atoms with Crippen molar-refractivity contribution >= 4 is 11.8 Å². The van der Waals surface area contributed by atoms with E-state index in [1.165, 1.54) is 6.26 Å². The Kier molecular flexibility index (Phi) is 4.18. The lowest BCUT2D eigenvalue weighted by Crippen LogP contribution is -2.37. The van der Waals surface area contributed by atoms with E-state index in [-0.39, 0.29) is 18.2 Å². The fourth-order valence-corrected chi connectivity index (χ4v) is 2.11. The number of nitrogens with zero attached hydrogens (tertiary/aromatic N) is 3. The van der Waals surface area contributed by atoms with Gasteiger partial charge in [-0.3, -0.25) is 9.59 Å². The molecule has 0 atom stereocenters. The third-order valence-electron chi connectivity index (χ3n) is 3.10. The van der Waals surface area contributed by atoms with E-state index < -0.39 is 0 Å². The van der Waals surface area contributed by atoms with Crippen LogP contribution in [0, 0.1) is 11.3 Å². The molecule has 6 heteroatoms. The highest BCUT2D eigenvalue weighted by Crippen LogP contribution is 2.10. The van der Waals surface area contributed by atoms with Crippen molar-refractivity contribution in [3.8, 4) is 6.07 Å². The quantitative estimate of drug-likeness (QED) is 0.791. The first kappa shape index (κ1) is 13.1. The molecule has 0 radical (unpaired) electrons. The fourth-order valence-electron chi connectivity index (χ4n) is 2.11. The zero-order chi connectivity index (χ0) is 13.7. The van der Waals surface area contributed by atoms with Gasteiger partial charge in [-0.25, -0.2) is 0 Å². The Morgan fingerprint density at radius 3 is 2.68 bits per heavy atom. The maximum absolute atomic E-state index is 12.1. The van der Waals surface area contributed by atoms with Crippen LogP contribution in [0.25, 0.3) is 0 Å². The molecule has 0 spiro atoms. The minimum atomic E-state index is -0.171. The number of furan rings is 1. The Bertz CT molecular complexity index is 490. The molecule has 2 heterocycles. The van der Waals surface area contributed by atoms with Crippen molar-refractivity contribution in [1.82, 2.24) is 9.80 Å². The second kappa shape index (κ2) is 6.05. The van der Waals surface area contributed by atoms with Crippen molar-refractivity contribution in [2.45, 2.75) is 12.8 Å². The predicted molar refractivity (Wildman–Crippen MR) is 66.0 cm³/mol. The van der Waals surface area contributed by atoms with E-state index in [2.05, 4.69) is 0 Å². The minimum Gasteiger partial charge on any atom is -0.459 e. The SMILES string of the molecule is N#CCC(=O)N1CCCN(C(=O)c2ccco2)CC1. The highest BCUT2D eigenvalue weighted by Gasteiger charge is 2.23. The maximum atomic E-state index is 12.1. The molecule has 0 unspecified atom stereocenters. The van der Waals surface area contributed by atoms with Crippen LogP contribution in [0.15, 0.2) is 22.8 Å². The Morgan fingerprint density at radius 2 is 2.00 bits per heavy atom. The van der Waals surface area contributed by atoms with E-state index in [1.807, 2.05) is 6.07 Å². The summed E-state index contributed by atoms with van der Waals surface area (Å²) in [4.78, 5) is 27.0. The van der Waals surface area contributed by atoms with Gasteiger partial charge in [0.2, 0.25) is 5.91 Å². The largest absolute Gasteiger partial charge is 0.459 e. The van der Waals surface area contributed by atoms with Gasteiger partial charge in [0.05, 0.1) is 12.3 Å². The van der Waals surface area contributed by atoms with Crippen LogP contribution in [0.4, 0.5) is 0 Å². The molecule has 0 aromatic carbocycles. The molecular weight excluding hydrogens is 246 g/mol. The van der Waals surface area contributed by atoms with Crippen LogP contribution in [-0.4, -0.2) is 47.8 Å². The molecule has 0 bridgehead atoms. The molecule has 1 aromatic rings. The van der Waals surface area contributed by atoms with Crippen LogP contribution in [0.2, 0.25) is 0 Å². The topological polar surface area (TPSA) is 77.5 Å². The molecular formula is C13H15N3O3. The highest BCUT2D eigenvalue weighted by molar-refractivity contribution is 5.91. The molecule has 0 aliphatic carbocycles. The first-order valence-corrected chi connectivity index (χ1v) is 6.20. The fraction of sp³-hybridized carbons (Fsp3) is 0.462. The van der Waals surface area contributed by atoms with Gasteiger partial charge in [-0.05, 0) is 18.6 Å². The lowest BCUT2D eigenvalue weighted by molar-refractivity contribution is -0.129. The highest BCUT2D eigenvalue weighted by atomic mass is 16.3. The summed E-state index contributed by atoms with van der Waals surface area (Å²) in [5.41, 5.74) is 0. The monoisotopic (exact) mass is 261 g/mol. The number of hydrogen-bond donors (Lipinski definition) is 0. The number of carbonyl (C=O) groups is 2. The molecule has 0 N–H and O–H groups in total. The summed E-state index contributed by atoms with van der Waals surface area (Å²) in [6, 6.07) is 5.16. The Morgan fingerprint density at radius 1 is 1.26 bits per heavy atom. The minimum absolute atomic E-state index is 0.105. The van der Waals surface area contributed by atoms with Crippen LogP contribution in [-0.2, 0) is 4.79 Å². The van der Waals surface area contributed by atoms with E-state index in [0.717, 1.165) is 0 Å². The van der Waals surface area contributed by atoms with Gasteiger partial charge in [-0.15, -0.1) is 0 Å². The predicted octanol–water partition coefficient (Wildman–Crippen LogP) is 0.868. The summed E-state index contributed by atoms with van der Waals surface area (Å²) in [6.45, 7) is 2.11. The average molecular weight is 261 g/mol. The lowest BCUT2D eigenvalue weighted by atomic mass is 10.3. The summed E-state index contributed by atoms with van der Waals surface area (Å²) >= 11 is 0. The zero-order valence-electron chi connectivity index (χ0n) is 10.5. The number of nitriles is 1. The molecule has 1 fully saturated rings. The van der Waals surface area contributed by atoms with Crippen molar-refractivity contribution in [3.63, 3.8) is 0 Å². The number of amides is 2. The second-order valence-electron chi connectivity index (χ2n) is 4.34. The third kappa shape index (κ3) is 3.13. The summed E-state index contributed by atoms with van der Waals surface area (Å²) in [6.07, 6.45) is 2.07. The average Bonchev–Trinajstić information content (AvgIpc) is 2.82. The van der Waals surface area contributed by atoms with Gasteiger partial charge >= 0.3 is 0 Å². The number of carbonyl (C=O) groups excluding carboxylic acids is 2. The van der Waals surface area contributed by atoms with Gasteiger partial charge in [0.15, 0.2) is 5.76 Å². The van der Waals surface area contributed by atoms with Crippen LogP contribution in [0.1, 0.15) is 23.4 Å². The summed E-state index contributed by atoms with van der Waals surface area (Å²) in [5.74, 6) is -0.00817. The Balaban J connectivity index is 1.95. The van der Waals surface area contributed by atoms with Gasteiger partial charge in [0.1, 0.15) is 6.42 Å². The normalized spacial score (nSPS) is 15.7. The molecule has 6 nitrogen and oxygen atoms in total. The molecule has 1 aromatic heterocycles. The summed E-state index contributed by atoms with van der Waals surface area (Å²) in [7, 11) is 0. The first-order valence-electron chi connectivity index (χ1n) is 6.20. The van der Waals surface area contributed by atoms with Crippen molar-refractivity contribution < 1.29 is 14.0 Å². The van der Waals surface area contributed by atoms with Crippen LogP contribution in [0.5, 0.6) is 0 Å². The number of rotatable bonds is 2. The molecule has 1 aliphatic rings. The second-order valence-corrected chi connectivity index (χ2v) is 4.34. The third-order valence-corrected chi connectivity index (χ3v) is 3.10. The summed E-state index contributed by atoms with van der Waals surface area (Å²) < 4.78 is 5.09. The Labute approximate surface area is 111 Å². The molecule has 1 saturated heterocycles. The maximum Gasteiger partial charge on any atom is 0.289 e. The van der Waals surface area contributed by atoms with Crippen LogP contribution in [0.3, 0.4) is 0 Å². The first-order chi connectivity index (χ1) is 9.22. The van der Waals surface area contributed by atoms with Crippen molar-refractivity contribution in [3.05, 3.63) is 24.2 Å². The van der Waals surface area contributed by atoms with Gasteiger partial charge < -0.3 is 14.2 Å². The van der Waals surface area contributed by atoms with E-state index in [4.69, 9.17) is 9.68 Å². The van der Waals surface area contributed by atoms with Crippen LogP contribution < -0.4 is 0 Å². The molecule has 0 saturated carbocycles. The molecule has 1 aliphatic heterocycles. The molecule has 2 rings (SSSR count). The number of hydrogen-bond acceptors (Lipinski definition) is 4. The molecule has 100 valence electrons. The van der Waals surface area contributed by atoms with E-state index in [0.29, 0.717) is 38.4 Å². The van der Waals surface area contributed by atoms with Gasteiger partial charge in [-0.1, -0.05) is 0 Å². The van der Waals surface area contributed by atoms with Crippen molar-refractivity contribution in [2.75, 3.05) is 26.2 Å². The van der Waals surface area contributed by atoms with Gasteiger partial charge in [0, 0.05) is 26.2 Å². The van der Waals surface area contributed by atoms with E-state index >= 15 is 0 Å². The Hall–Kier alpha value is -2.29.